The highest BCUT2D eigenvalue weighted by Gasteiger charge is 2.59. The summed E-state index contributed by atoms with van der Waals surface area (Å²) in [5.41, 5.74) is 2.67. The molecule has 8 nitrogen and oxygen atoms in total. The van der Waals surface area contributed by atoms with Gasteiger partial charge in [0.25, 0.3) is 0 Å². The van der Waals surface area contributed by atoms with Crippen molar-refractivity contribution in [2.24, 2.45) is 40.4 Å². The van der Waals surface area contributed by atoms with Crippen LogP contribution in [0.15, 0.2) is 42.0 Å². The maximum atomic E-state index is 13.3. The van der Waals surface area contributed by atoms with Gasteiger partial charge in [-0.25, -0.2) is 9.59 Å². The van der Waals surface area contributed by atoms with E-state index in [1.54, 1.807) is 0 Å². The van der Waals surface area contributed by atoms with E-state index in [2.05, 4.69) is 37.5 Å². The first-order chi connectivity index (χ1) is 20.5. The summed E-state index contributed by atoms with van der Waals surface area (Å²) in [5.74, 6) is 1.09. The van der Waals surface area contributed by atoms with Crippen LogP contribution in [0.5, 0.6) is 0 Å². The van der Waals surface area contributed by atoms with Crippen LogP contribution in [0.3, 0.4) is 0 Å². The van der Waals surface area contributed by atoms with Crippen molar-refractivity contribution in [1.82, 2.24) is 10.6 Å². The predicted molar refractivity (Wildman–Crippen MR) is 164 cm³/mol. The predicted octanol–water partition coefficient (Wildman–Crippen LogP) is 5.84. The minimum Gasteiger partial charge on any atom is -0.480 e. The summed E-state index contributed by atoms with van der Waals surface area (Å²) < 4.78 is 5.17. The average Bonchev–Trinajstić information content (AvgIpc) is 3.35. The van der Waals surface area contributed by atoms with Crippen molar-refractivity contribution in [3.63, 3.8) is 0 Å². The van der Waals surface area contributed by atoms with Gasteiger partial charge in [0, 0.05) is 12.5 Å². The Morgan fingerprint density at radius 3 is 2.56 bits per heavy atom. The van der Waals surface area contributed by atoms with Gasteiger partial charge in [0.05, 0.1) is 6.10 Å². The lowest BCUT2D eigenvalue weighted by atomic mass is 9.47. The summed E-state index contributed by atoms with van der Waals surface area (Å²) in [6.45, 7) is 7.37. The summed E-state index contributed by atoms with van der Waals surface area (Å²) in [5, 5.41) is 25.4. The molecular formula is C35H50N2O6. The standard InChI is InChI=1S/C35H50N2O6/c1-22(31(39)36-19-7-10-30(32(40)41)37-33(42)43-21-23-8-5-4-6-9-23)27-13-14-28-26-12-11-24-20-25(38)15-17-34(24,2)29(26)16-18-35(27,28)3/h4-6,8-9,11,22,25-30,38H,7,10,12-21H2,1-3H3,(H,36,39)(H,37,42)(H,40,41)/t22-,25-,26-,27+,28-,29-,30-,34-,35+/m0/s1. The number of alkyl carbamates (subject to hydrolysis) is 1. The summed E-state index contributed by atoms with van der Waals surface area (Å²) in [6, 6.07) is 8.13. The Kier molecular flexibility index (Phi) is 9.55. The molecule has 0 aromatic heterocycles. The number of carboxylic acids is 1. The summed E-state index contributed by atoms with van der Waals surface area (Å²) in [4.78, 5) is 37.2. The van der Waals surface area contributed by atoms with Gasteiger partial charge in [0.15, 0.2) is 0 Å². The van der Waals surface area contributed by atoms with Gasteiger partial charge in [-0.05, 0) is 104 Å². The van der Waals surface area contributed by atoms with Gasteiger partial charge in [0.1, 0.15) is 12.6 Å². The van der Waals surface area contributed by atoms with Crippen molar-refractivity contribution in [2.45, 2.75) is 104 Å². The second-order valence-corrected chi connectivity index (χ2v) is 14.2. The van der Waals surface area contributed by atoms with Crippen LogP contribution in [0.1, 0.15) is 90.5 Å². The number of aliphatic hydroxyl groups excluding tert-OH is 1. The van der Waals surface area contributed by atoms with Crippen LogP contribution in [0, 0.1) is 40.4 Å². The number of aliphatic hydroxyl groups is 1. The van der Waals surface area contributed by atoms with Gasteiger partial charge in [-0.2, -0.15) is 0 Å². The monoisotopic (exact) mass is 594 g/mol. The van der Waals surface area contributed by atoms with Crippen LogP contribution >= 0.6 is 0 Å². The minimum atomic E-state index is -1.13. The Balaban J connectivity index is 1.10. The molecule has 2 amide bonds. The van der Waals surface area contributed by atoms with E-state index in [0.717, 1.165) is 44.1 Å². The normalized spacial score (nSPS) is 34.4. The summed E-state index contributed by atoms with van der Waals surface area (Å²) in [7, 11) is 0. The Morgan fingerprint density at radius 1 is 1.05 bits per heavy atom. The molecule has 9 atom stereocenters. The molecule has 0 bridgehead atoms. The van der Waals surface area contributed by atoms with Gasteiger partial charge in [-0.15, -0.1) is 0 Å². The molecule has 8 heteroatoms. The maximum absolute atomic E-state index is 13.3. The molecule has 1 aromatic carbocycles. The minimum absolute atomic E-state index is 0.0372. The van der Waals surface area contributed by atoms with Gasteiger partial charge in [-0.3, -0.25) is 4.79 Å². The van der Waals surface area contributed by atoms with Crippen LogP contribution in [0.25, 0.3) is 0 Å². The Labute approximate surface area is 256 Å². The van der Waals surface area contributed by atoms with Crippen LogP contribution in [0.2, 0.25) is 0 Å². The zero-order chi connectivity index (χ0) is 30.8. The molecule has 5 rings (SSSR count). The first-order valence-electron chi connectivity index (χ1n) is 16.4. The number of carbonyl (C=O) groups is 3. The third-order valence-electron chi connectivity index (χ3n) is 11.9. The number of carboxylic acid groups (broad SMARTS) is 1. The van der Waals surface area contributed by atoms with Crippen LogP contribution < -0.4 is 10.6 Å². The topological polar surface area (TPSA) is 125 Å². The molecule has 4 N–H and O–H groups in total. The Hall–Kier alpha value is -2.87. The molecule has 236 valence electrons. The molecule has 0 spiro atoms. The van der Waals surface area contributed by atoms with E-state index in [4.69, 9.17) is 4.74 Å². The van der Waals surface area contributed by atoms with Crippen LogP contribution in [-0.4, -0.2) is 46.9 Å². The van der Waals surface area contributed by atoms with E-state index in [9.17, 15) is 24.6 Å². The fourth-order valence-electron chi connectivity index (χ4n) is 9.53. The number of aliphatic carboxylic acids is 1. The van der Waals surface area contributed by atoms with Gasteiger partial charge < -0.3 is 25.6 Å². The lowest BCUT2D eigenvalue weighted by molar-refractivity contribution is -0.139. The number of nitrogens with one attached hydrogen (secondary N) is 2. The number of benzene rings is 1. The highest BCUT2D eigenvalue weighted by atomic mass is 16.5. The molecule has 0 aliphatic heterocycles. The molecular weight excluding hydrogens is 544 g/mol. The molecule has 0 heterocycles. The van der Waals surface area contributed by atoms with Crippen molar-refractivity contribution in [3.05, 3.63) is 47.5 Å². The van der Waals surface area contributed by atoms with Crippen LogP contribution in [0.4, 0.5) is 4.79 Å². The zero-order valence-corrected chi connectivity index (χ0v) is 26.0. The summed E-state index contributed by atoms with van der Waals surface area (Å²) >= 11 is 0. The number of allylic oxidation sites excluding steroid dienone is 1. The van der Waals surface area contributed by atoms with Gasteiger partial charge >= 0.3 is 12.1 Å². The molecule has 43 heavy (non-hydrogen) atoms. The fourth-order valence-corrected chi connectivity index (χ4v) is 9.53. The molecule has 4 aliphatic rings. The average molecular weight is 595 g/mol. The fraction of sp³-hybridized carbons (Fsp3) is 0.686. The number of amides is 2. The third-order valence-corrected chi connectivity index (χ3v) is 11.9. The lowest BCUT2D eigenvalue weighted by Gasteiger charge is -2.58. The number of hydrogen-bond acceptors (Lipinski definition) is 5. The second-order valence-electron chi connectivity index (χ2n) is 14.2. The number of ether oxygens (including phenoxy) is 1. The molecule has 4 aliphatic carbocycles. The molecule has 3 saturated carbocycles. The highest BCUT2D eigenvalue weighted by Crippen LogP contribution is 2.67. The Bertz CT molecular complexity index is 1200. The molecule has 0 unspecified atom stereocenters. The second kappa shape index (κ2) is 13.0. The van der Waals surface area contributed by atoms with Crippen molar-refractivity contribution in [1.29, 1.82) is 0 Å². The maximum Gasteiger partial charge on any atom is 0.408 e. The molecule has 0 radical (unpaired) electrons. The van der Waals surface area contributed by atoms with Crippen molar-refractivity contribution in [2.75, 3.05) is 6.54 Å². The highest BCUT2D eigenvalue weighted by molar-refractivity contribution is 5.80. The van der Waals surface area contributed by atoms with E-state index in [1.807, 2.05) is 30.3 Å². The molecule has 1 aromatic rings. The number of fused-ring (bicyclic) bond motifs is 5. The smallest absolute Gasteiger partial charge is 0.408 e. The number of rotatable bonds is 10. The van der Waals surface area contributed by atoms with E-state index in [-0.39, 0.29) is 41.8 Å². The number of carbonyl (C=O) groups excluding carboxylic acids is 2. The van der Waals surface area contributed by atoms with Crippen molar-refractivity contribution in [3.8, 4) is 0 Å². The first kappa shape index (κ1) is 31.6. The van der Waals surface area contributed by atoms with Gasteiger partial charge in [0.2, 0.25) is 5.91 Å². The SMILES string of the molecule is C[C@H](C(=O)NCCC[C@H](NC(=O)OCc1ccccc1)C(=O)O)[C@H]1CC[C@H]2[C@@H]3CC=C4C[C@@H](O)CC[C@]4(C)[C@H]3CC[C@]12C. The summed E-state index contributed by atoms with van der Waals surface area (Å²) in [6.07, 6.45) is 10.7. The third kappa shape index (κ3) is 6.50. The van der Waals surface area contributed by atoms with Crippen molar-refractivity contribution < 1.29 is 29.3 Å². The largest absolute Gasteiger partial charge is 0.480 e. The first-order valence-corrected chi connectivity index (χ1v) is 16.4. The Morgan fingerprint density at radius 2 is 1.81 bits per heavy atom. The quantitative estimate of drug-likeness (QED) is 0.199. The lowest BCUT2D eigenvalue weighted by Crippen LogP contribution is -2.51. The molecule has 3 fully saturated rings. The van der Waals surface area contributed by atoms with Crippen LogP contribution in [-0.2, 0) is 20.9 Å². The van der Waals surface area contributed by atoms with Gasteiger partial charge in [-0.1, -0.05) is 62.8 Å². The van der Waals surface area contributed by atoms with E-state index in [0.29, 0.717) is 36.6 Å². The van der Waals surface area contributed by atoms with E-state index >= 15 is 0 Å². The zero-order valence-electron chi connectivity index (χ0n) is 26.0. The van der Waals surface area contributed by atoms with Crippen molar-refractivity contribution >= 4 is 18.0 Å². The number of hydrogen-bond donors (Lipinski definition) is 4. The van der Waals surface area contributed by atoms with E-state index < -0.39 is 18.1 Å². The van der Waals surface area contributed by atoms with E-state index in [1.165, 1.54) is 18.4 Å². The molecule has 0 saturated heterocycles.